The van der Waals surface area contributed by atoms with Crippen LogP contribution < -0.4 is 0 Å². The van der Waals surface area contributed by atoms with Gasteiger partial charge in [0.25, 0.3) is 0 Å². The third kappa shape index (κ3) is 3.06. The van der Waals surface area contributed by atoms with Crippen molar-refractivity contribution in [1.29, 1.82) is 0 Å². The maximum absolute atomic E-state index is 10.1. The fraction of sp³-hybridized carbons (Fsp3) is 0.769. The summed E-state index contributed by atoms with van der Waals surface area (Å²) in [6.45, 7) is 8.95. The van der Waals surface area contributed by atoms with Gasteiger partial charge in [0.15, 0.2) is 0 Å². The summed E-state index contributed by atoms with van der Waals surface area (Å²) in [5, 5.41) is 13.5. The lowest BCUT2D eigenvalue weighted by molar-refractivity contribution is -0.107. The Labute approximate surface area is 107 Å². The zero-order valence-corrected chi connectivity index (χ0v) is 11.8. The second kappa shape index (κ2) is 5.04. The van der Waals surface area contributed by atoms with Gasteiger partial charge in [-0.3, -0.25) is 4.90 Å². The molecule has 4 heteroatoms. The van der Waals surface area contributed by atoms with Crippen LogP contribution in [-0.4, -0.2) is 33.7 Å². The standard InChI is InChI=1S/C13H22N2OS/c1-4-5-13(16)8-15(9-13)6-11-7-17-12(14-11)10(2)3/h7,10,16H,4-6,8-9H2,1-3H3. The summed E-state index contributed by atoms with van der Waals surface area (Å²) in [6.07, 6.45) is 1.97. The summed E-state index contributed by atoms with van der Waals surface area (Å²) in [6, 6.07) is 0. The summed E-state index contributed by atoms with van der Waals surface area (Å²) < 4.78 is 0. The van der Waals surface area contributed by atoms with Crippen LogP contribution in [0.25, 0.3) is 0 Å². The van der Waals surface area contributed by atoms with Crippen molar-refractivity contribution >= 4 is 11.3 Å². The maximum Gasteiger partial charge on any atom is 0.0954 e. The first-order valence-corrected chi connectivity index (χ1v) is 7.29. The monoisotopic (exact) mass is 254 g/mol. The molecule has 0 amide bonds. The third-order valence-corrected chi connectivity index (χ3v) is 4.39. The van der Waals surface area contributed by atoms with Gasteiger partial charge in [-0.25, -0.2) is 4.98 Å². The van der Waals surface area contributed by atoms with Gasteiger partial charge in [-0.2, -0.15) is 0 Å². The average Bonchev–Trinajstić information content (AvgIpc) is 2.64. The van der Waals surface area contributed by atoms with E-state index < -0.39 is 5.60 Å². The van der Waals surface area contributed by atoms with Gasteiger partial charge in [-0.05, 0) is 6.42 Å². The molecule has 2 heterocycles. The molecule has 0 radical (unpaired) electrons. The van der Waals surface area contributed by atoms with Gasteiger partial charge >= 0.3 is 0 Å². The SMILES string of the molecule is CCCC1(O)CN(Cc2csc(C(C)C)n2)C1. The zero-order chi connectivity index (χ0) is 12.5. The van der Waals surface area contributed by atoms with Crippen LogP contribution in [0.1, 0.15) is 50.2 Å². The molecule has 1 aromatic heterocycles. The van der Waals surface area contributed by atoms with E-state index in [0.717, 1.165) is 38.2 Å². The number of rotatable bonds is 5. The maximum atomic E-state index is 10.1. The fourth-order valence-electron chi connectivity index (χ4n) is 2.41. The summed E-state index contributed by atoms with van der Waals surface area (Å²) in [5.74, 6) is 0.516. The lowest BCUT2D eigenvalue weighted by Crippen LogP contribution is -2.60. The highest BCUT2D eigenvalue weighted by molar-refractivity contribution is 7.09. The first-order valence-electron chi connectivity index (χ1n) is 6.41. The van der Waals surface area contributed by atoms with Gasteiger partial charge < -0.3 is 5.11 Å². The molecular formula is C13H22N2OS. The molecule has 1 N–H and O–H groups in total. The van der Waals surface area contributed by atoms with Crippen molar-refractivity contribution in [3.05, 3.63) is 16.1 Å². The highest BCUT2D eigenvalue weighted by Gasteiger charge is 2.40. The molecule has 0 bridgehead atoms. The summed E-state index contributed by atoms with van der Waals surface area (Å²) >= 11 is 1.74. The van der Waals surface area contributed by atoms with E-state index in [2.05, 4.69) is 36.0 Å². The third-order valence-electron chi connectivity index (χ3n) is 3.20. The Morgan fingerprint density at radius 3 is 2.76 bits per heavy atom. The molecule has 0 atom stereocenters. The van der Waals surface area contributed by atoms with Crippen LogP contribution in [0.4, 0.5) is 0 Å². The lowest BCUT2D eigenvalue weighted by Gasteiger charge is -2.46. The summed E-state index contributed by atoms with van der Waals surface area (Å²) in [4.78, 5) is 6.89. The molecule has 1 aromatic rings. The Morgan fingerprint density at radius 1 is 1.53 bits per heavy atom. The van der Waals surface area contributed by atoms with Crippen molar-refractivity contribution in [2.45, 2.75) is 51.7 Å². The number of likely N-dealkylation sites (tertiary alicyclic amines) is 1. The van der Waals surface area contributed by atoms with Crippen molar-refractivity contribution in [2.24, 2.45) is 0 Å². The van der Waals surface area contributed by atoms with Crippen LogP contribution in [0.2, 0.25) is 0 Å². The van der Waals surface area contributed by atoms with Gasteiger partial charge in [0.05, 0.1) is 16.3 Å². The number of hydrogen-bond acceptors (Lipinski definition) is 4. The molecule has 17 heavy (non-hydrogen) atoms. The van der Waals surface area contributed by atoms with E-state index in [-0.39, 0.29) is 0 Å². The van der Waals surface area contributed by atoms with E-state index in [1.165, 1.54) is 5.01 Å². The van der Waals surface area contributed by atoms with Crippen LogP contribution >= 0.6 is 11.3 Å². The molecule has 0 aliphatic carbocycles. The van der Waals surface area contributed by atoms with E-state index in [9.17, 15) is 5.11 Å². The number of thiazole rings is 1. The molecule has 96 valence electrons. The second-order valence-corrected chi connectivity index (χ2v) is 6.34. The summed E-state index contributed by atoms with van der Waals surface area (Å²) in [7, 11) is 0. The minimum atomic E-state index is -0.425. The first kappa shape index (κ1) is 13.0. The van der Waals surface area contributed by atoms with Gasteiger partial charge in [0.2, 0.25) is 0 Å². The Bertz CT molecular complexity index is 369. The molecule has 1 saturated heterocycles. The van der Waals surface area contributed by atoms with E-state index in [4.69, 9.17) is 0 Å². The smallest absolute Gasteiger partial charge is 0.0954 e. The minimum Gasteiger partial charge on any atom is -0.387 e. The number of β-amino-alcohol motifs (C(OH)–C–C–N with tert-alkyl or cyclic N) is 1. The van der Waals surface area contributed by atoms with E-state index in [1.807, 2.05) is 0 Å². The minimum absolute atomic E-state index is 0.425. The van der Waals surface area contributed by atoms with Crippen molar-refractivity contribution in [1.82, 2.24) is 9.88 Å². The zero-order valence-electron chi connectivity index (χ0n) is 10.9. The van der Waals surface area contributed by atoms with Crippen molar-refractivity contribution in [3.63, 3.8) is 0 Å². The van der Waals surface area contributed by atoms with Crippen LogP contribution in [0.3, 0.4) is 0 Å². The Kier molecular flexibility index (Phi) is 3.85. The van der Waals surface area contributed by atoms with Gasteiger partial charge in [-0.1, -0.05) is 27.2 Å². The molecule has 0 unspecified atom stereocenters. The fourth-order valence-corrected chi connectivity index (χ4v) is 3.24. The lowest BCUT2D eigenvalue weighted by atomic mass is 9.89. The molecule has 1 aliphatic heterocycles. The van der Waals surface area contributed by atoms with E-state index in [0.29, 0.717) is 5.92 Å². The van der Waals surface area contributed by atoms with Gasteiger partial charge in [0.1, 0.15) is 0 Å². The topological polar surface area (TPSA) is 36.4 Å². The largest absolute Gasteiger partial charge is 0.387 e. The van der Waals surface area contributed by atoms with Crippen molar-refractivity contribution in [3.8, 4) is 0 Å². The van der Waals surface area contributed by atoms with Crippen LogP contribution in [-0.2, 0) is 6.54 Å². The Hall–Kier alpha value is -0.450. The number of hydrogen-bond donors (Lipinski definition) is 1. The molecule has 0 spiro atoms. The van der Waals surface area contributed by atoms with Crippen LogP contribution in [0, 0.1) is 0 Å². The average molecular weight is 254 g/mol. The Morgan fingerprint density at radius 2 is 2.24 bits per heavy atom. The van der Waals surface area contributed by atoms with Gasteiger partial charge in [-0.15, -0.1) is 11.3 Å². The summed E-state index contributed by atoms with van der Waals surface area (Å²) in [5.41, 5.74) is 0.725. The predicted octanol–water partition coefficient (Wildman–Crippen LogP) is 2.61. The number of aliphatic hydroxyl groups is 1. The van der Waals surface area contributed by atoms with Crippen LogP contribution in [0.5, 0.6) is 0 Å². The first-order chi connectivity index (χ1) is 8.02. The normalized spacial score (nSPS) is 19.6. The van der Waals surface area contributed by atoms with Crippen molar-refractivity contribution in [2.75, 3.05) is 13.1 Å². The highest BCUT2D eigenvalue weighted by Crippen LogP contribution is 2.28. The molecule has 2 rings (SSSR count). The van der Waals surface area contributed by atoms with Crippen LogP contribution in [0.15, 0.2) is 5.38 Å². The molecular weight excluding hydrogens is 232 g/mol. The molecule has 0 saturated carbocycles. The predicted molar refractivity (Wildman–Crippen MR) is 71.3 cm³/mol. The second-order valence-electron chi connectivity index (χ2n) is 5.45. The number of nitrogens with zero attached hydrogens (tertiary/aromatic N) is 2. The molecule has 1 aliphatic rings. The van der Waals surface area contributed by atoms with Gasteiger partial charge in [0, 0.05) is 30.9 Å². The number of aromatic nitrogens is 1. The molecule has 3 nitrogen and oxygen atoms in total. The quantitative estimate of drug-likeness (QED) is 0.877. The van der Waals surface area contributed by atoms with Crippen molar-refractivity contribution < 1.29 is 5.11 Å². The molecule has 0 aromatic carbocycles. The highest BCUT2D eigenvalue weighted by atomic mass is 32.1. The Balaban J connectivity index is 1.83. The van der Waals surface area contributed by atoms with E-state index >= 15 is 0 Å². The molecule has 1 fully saturated rings. The van der Waals surface area contributed by atoms with E-state index in [1.54, 1.807) is 11.3 Å².